The summed E-state index contributed by atoms with van der Waals surface area (Å²) in [6.45, 7) is 4.98. The number of sulfonamides is 1. The summed E-state index contributed by atoms with van der Waals surface area (Å²) in [6.07, 6.45) is 0. The van der Waals surface area contributed by atoms with E-state index in [1.807, 2.05) is 4.90 Å². The summed E-state index contributed by atoms with van der Waals surface area (Å²) in [6, 6.07) is 4.21. The van der Waals surface area contributed by atoms with E-state index in [-0.39, 0.29) is 41.4 Å². The van der Waals surface area contributed by atoms with Crippen LogP contribution in [0, 0.1) is 0 Å². The third kappa shape index (κ3) is 5.16. The lowest BCUT2D eigenvalue weighted by Gasteiger charge is -2.33. The number of nitrogens with one attached hydrogen (secondary N) is 1. The highest BCUT2D eigenvalue weighted by molar-refractivity contribution is 7.89. The van der Waals surface area contributed by atoms with Crippen molar-refractivity contribution in [2.24, 2.45) is 0 Å². The fourth-order valence-electron chi connectivity index (χ4n) is 2.61. The Labute approximate surface area is 158 Å². The lowest BCUT2D eigenvalue weighted by molar-refractivity contribution is -0.144. The fourth-order valence-corrected chi connectivity index (χ4v) is 4.36. The van der Waals surface area contributed by atoms with Crippen LogP contribution in [0.3, 0.4) is 0 Å². The standard InChI is InChI=1S/C16H22ClN3O5S/c1-3-25-16(22)11-19-6-8-20(9-7-19)26(23,24)13-4-5-15(14(17)10-13)18-12(2)21/h4-5,10H,3,6-9,11H2,1-2H3,(H,18,21). The highest BCUT2D eigenvalue weighted by atomic mass is 35.5. The second-order valence-electron chi connectivity index (χ2n) is 5.81. The molecule has 0 saturated carbocycles. The summed E-state index contributed by atoms with van der Waals surface area (Å²) >= 11 is 6.07. The van der Waals surface area contributed by atoms with Crippen molar-refractivity contribution in [1.29, 1.82) is 0 Å². The predicted molar refractivity (Wildman–Crippen MR) is 97.6 cm³/mol. The summed E-state index contributed by atoms with van der Waals surface area (Å²) in [5.74, 6) is -0.607. The number of piperazine rings is 1. The Morgan fingerprint density at radius 1 is 1.23 bits per heavy atom. The van der Waals surface area contributed by atoms with Crippen molar-refractivity contribution in [3.63, 3.8) is 0 Å². The number of hydrogen-bond acceptors (Lipinski definition) is 6. The smallest absolute Gasteiger partial charge is 0.320 e. The summed E-state index contributed by atoms with van der Waals surface area (Å²) in [5, 5.41) is 2.69. The molecule has 2 rings (SSSR count). The van der Waals surface area contributed by atoms with Gasteiger partial charge in [-0.2, -0.15) is 4.31 Å². The lowest BCUT2D eigenvalue weighted by Crippen LogP contribution is -2.49. The molecular formula is C16H22ClN3O5S. The predicted octanol–water partition coefficient (Wildman–Crippen LogP) is 1.17. The molecule has 1 aliphatic rings. The maximum Gasteiger partial charge on any atom is 0.320 e. The van der Waals surface area contributed by atoms with Gasteiger partial charge in [-0.05, 0) is 25.1 Å². The molecule has 0 aliphatic carbocycles. The molecular weight excluding hydrogens is 382 g/mol. The molecule has 0 bridgehead atoms. The molecule has 8 nitrogen and oxygen atoms in total. The van der Waals surface area contributed by atoms with Crippen molar-refractivity contribution in [2.75, 3.05) is 44.6 Å². The Morgan fingerprint density at radius 2 is 1.88 bits per heavy atom. The molecule has 1 saturated heterocycles. The molecule has 1 heterocycles. The summed E-state index contributed by atoms with van der Waals surface area (Å²) in [4.78, 5) is 24.5. The Hall–Kier alpha value is -1.68. The summed E-state index contributed by atoms with van der Waals surface area (Å²) in [7, 11) is -3.70. The number of rotatable bonds is 6. The van der Waals surface area contributed by atoms with Gasteiger partial charge in [0.25, 0.3) is 0 Å². The van der Waals surface area contributed by atoms with Gasteiger partial charge in [-0.25, -0.2) is 8.42 Å². The maximum absolute atomic E-state index is 12.8. The lowest BCUT2D eigenvalue weighted by atomic mass is 10.3. The average Bonchev–Trinajstić information content (AvgIpc) is 2.57. The zero-order valence-electron chi connectivity index (χ0n) is 14.7. The largest absolute Gasteiger partial charge is 0.465 e. The van der Waals surface area contributed by atoms with E-state index in [1.165, 1.54) is 29.4 Å². The molecule has 1 amide bonds. The van der Waals surface area contributed by atoms with Crippen molar-refractivity contribution < 1.29 is 22.7 Å². The van der Waals surface area contributed by atoms with Gasteiger partial charge in [-0.3, -0.25) is 14.5 Å². The molecule has 144 valence electrons. The first-order chi connectivity index (χ1) is 12.2. The van der Waals surface area contributed by atoms with Gasteiger partial charge in [-0.15, -0.1) is 0 Å². The van der Waals surface area contributed by atoms with E-state index in [0.29, 0.717) is 25.4 Å². The fraction of sp³-hybridized carbons (Fsp3) is 0.500. The van der Waals surface area contributed by atoms with E-state index < -0.39 is 10.0 Å². The Balaban J connectivity index is 2.04. The third-order valence-electron chi connectivity index (χ3n) is 3.88. The first-order valence-electron chi connectivity index (χ1n) is 8.19. The number of ether oxygens (including phenoxy) is 1. The minimum atomic E-state index is -3.70. The van der Waals surface area contributed by atoms with E-state index in [4.69, 9.17) is 16.3 Å². The zero-order chi connectivity index (χ0) is 19.3. The number of amides is 1. The minimum Gasteiger partial charge on any atom is -0.465 e. The van der Waals surface area contributed by atoms with Crippen LogP contribution in [-0.4, -0.2) is 68.8 Å². The number of anilines is 1. The van der Waals surface area contributed by atoms with Gasteiger partial charge in [0.1, 0.15) is 0 Å². The molecule has 1 aromatic rings. The van der Waals surface area contributed by atoms with Crippen molar-refractivity contribution in [1.82, 2.24) is 9.21 Å². The number of carbonyl (C=O) groups excluding carboxylic acids is 2. The van der Waals surface area contributed by atoms with E-state index in [9.17, 15) is 18.0 Å². The van der Waals surface area contributed by atoms with Gasteiger partial charge < -0.3 is 10.1 Å². The number of carbonyl (C=O) groups is 2. The molecule has 1 N–H and O–H groups in total. The van der Waals surface area contributed by atoms with Gasteiger partial charge in [0, 0.05) is 33.1 Å². The van der Waals surface area contributed by atoms with E-state index in [0.717, 1.165) is 0 Å². The molecule has 0 spiro atoms. The molecule has 0 unspecified atom stereocenters. The zero-order valence-corrected chi connectivity index (χ0v) is 16.3. The van der Waals surface area contributed by atoms with Gasteiger partial charge in [0.15, 0.2) is 0 Å². The van der Waals surface area contributed by atoms with Crippen molar-refractivity contribution in [3.8, 4) is 0 Å². The van der Waals surface area contributed by atoms with Gasteiger partial charge in [-0.1, -0.05) is 11.6 Å². The Morgan fingerprint density at radius 3 is 2.42 bits per heavy atom. The van der Waals surface area contributed by atoms with Crippen molar-refractivity contribution in [2.45, 2.75) is 18.7 Å². The van der Waals surface area contributed by atoms with Crippen LogP contribution < -0.4 is 5.32 Å². The first kappa shape index (κ1) is 20.6. The van der Waals surface area contributed by atoms with Crippen LogP contribution >= 0.6 is 11.6 Å². The second kappa shape index (κ2) is 8.81. The quantitative estimate of drug-likeness (QED) is 0.716. The van der Waals surface area contributed by atoms with E-state index in [1.54, 1.807) is 6.92 Å². The van der Waals surface area contributed by atoms with E-state index >= 15 is 0 Å². The molecule has 1 aliphatic heterocycles. The van der Waals surface area contributed by atoms with Crippen molar-refractivity contribution in [3.05, 3.63) is 23.2 Å². The highest BCUT2D eigenvalue weighted by Crippen LogP contribution is 2.27. The number of hydrogen-bond donors (Lipinski definition) is 1. The normalized spacial score (nSPS) is 16.3. The van der Waals surface area contributed by atoms with Gasteiger partial charge in [0.2, 0.25) is 15.9 Å². The van der Waals surface area contributed by atoms with Gasteiger partial charge in [0.05, 0.1) is 28.8 Å². The topological polar surface area (TPSA) is 96.0 Å². The van der Waals surface area contributed by atoms with Crippen LogP contribution in [0.4, 0.5) is 5.69 Å². The number of nitrogens with zero attached hydrogens (tertiary/aromatic N) is 2. The summed E-state index contributed by atoms with van der Waals surface area (Å²) < 4.78 is 31.8. The maximum atomic E-state index is 12.8. The van der Waals surface area contributed by atoms with Crippen LogP contribution in [0.25, 0.3) is 0 Å². The number of halogens is 1. The second-order valence-corrected chi connectivity index (χ2v) is 8.15. The molecule has 0 atom stereocenters. The molecule has 0 radical (unpaired) electrons. The van der Waals surface area contributed by atoms with Crippen LogP contribution in [0.2, 0.25) is 5.02 Å². The first-order valence-corrected chi connectivity index (χ1v) is 10.0. The van der Waals surface area contributed by atoms with Crippen molar-refractivity contribution >= 4 is 39.2 Å². The SMILES string of the molecule is CCOC(=O)CN1CCN(S(=O)(=O)c2ccc(NC(C)=O)c(Cl)c2)CC1. The molecule has 26 heavy (non-hydrogen) atoms. The Bertz CT molecular complexity index is 776. The third-order valence-corrected chi connectivity index (χ3v) is 6.09. The molecule has 0 aromatic heterocycles. The average molecular weight is 404 g/mol. The number of esters is 1. The van der Waals surface area contributed by atoms with E-state index in [2.05, 4.69) is 5.32 Å². The molecule has 1 aromatic carbocycles. The molecule has 1 fully saturated rings. The van der Waals surface area contributed by atoms with Gasteiger partial charge >= 0.3 is 5.97 Å². The number of benzene rings is 1. The highest BCUT2D eigenvalue weighted by Gasteiger charge is 2.29. The summed E-state index contributed by atoms with van der Waals surface area (Å²) in [5.41, 5.74) is 0.359. The van der Waals surface area contributed by atoms with Crippen LogP contribution in [0.5, 0.6) is 0 Å². The Kier molecular flexibility index (Phi) is 6.99. The van der Waals surface area contributed by atoms with Crippen LogP contribution in [0.15, 0.2) is 23.1 Å². The minimum absolute atomic E-state index is 0.0652. The van der Waals surface area contributed by atoms with Crippen LogP contribution in [-0.2, 0) is 24.3 Å². The van der Waals surface area contributed by atoms with Crippen LogP contribution in [0.1, 0.15) is 13.8 Å². The monoisotopic (exact) mass is 403 g/mol. The molecule has 10 heteroatoms.